The summed E-state index contributed by atoms with van der Waals surface area (Å²) in [5, 5.41) is 44.7. The number of rotatable bonds is 3. The Bertz CT molecular complexity index is 584. The number of aromatic nitrogens is 2. The summed E-state index contributed by atoms with van der Waals surface area (Å²) in [5.41, 5.74) is 0.257. The van der Waals surface area contributed by atoms with Crippen molar-refractivity contribution in [1.29, 1.82) is 0 Å². The second kappa shape index (κ2) is 4.94. The molecular formula is C11H15N5O5. The van der Waals surface area contributed by atoms with E-state index in [-0.39, 0.29) is 11.5 Å². The summed E-state index contributed by atoms with van der Waals surface area (Å²) in [5.74, 6) is 0.378. The Morgan fingerprint density at radius 2 is 2.14 bits per heavy atom. The average molecular weight is 297 g/mol. The van der Waals surface area contributed by atoms with E-state index in [0.29, 0.717) is 5.82 Å². The van der Waals surface area contributed by atoms with Gasteiger partial charge in [-0.05, 0) is 0 Å². The van der Waals surface area contributed by atoms with Crippen molar-refractivity contribution in [3.05, 3.63) is 11.5 Å². The van der Waals surface area contributed by atoms with Gasteiger partial charge in [0.25, 0.3) is 5.82 Å². The van der Waals surface area contributed by atoms with Crippen molar-refractivity contribution < 1.29 is 20.1 Å². The standard InChI is InChI=1S/C11H15N5O5/c1-12-9-6-10(14-3-13-9)16(20,4-15-6)11-8(19)7(18)5(2-17)21-11/h3-5,7-8,11,17-19H,2H2,1H3,(H,12,13,14)/t5-,7-,8-,11-,16?/m1/s1. The first kappa shape index (κ1) is 14.3. The van der Waals surface area contributed by atoms with Crippen molar-refractivity contribution in [3.8, 4) is 0 Å². The molecule has 10 nitrogen and oxygen atoms in total. The molecular weight excluding hydrogens is 282 g/mol. The molecule has 0 radical (unpaired) electrons. The van der Waals surface area contributed by atoms with E-state index < -0.39 is 35.8 Å². The molecule has 0 saturated carbocycles. The molecule has 1 fully saturated rings. The summed E-state index contributed by atoms with van der Waals surface area (Å²) in [6.45, 7) is -0.510. The van der Waals surface area contributed by atoms with Crippen LogP contribution in [0, 0.1) is 5.21 Å². The third-order valence-corrected chi connectivity index (χ3v) is 3.62. The molecule has 114 valence electrons. The minimum Gasteiger partial charge on any atom is -0.618 e. The molecule has 0 aromatic carbocycles. The van der Waals surface area contributed by atoms with E-state index in [4.69, 9.17) is 9.84 Å². The lowest BCUT2D eigenvalue weighted by molar-refractivity contribution is -0.0548. The van der Waals surface area contributed by atoms with Gasteiger partial charge in [0, 0.05) is 7.05 Å². The zero-order chi connectivity index (χ0) is 15.2. The van der Waals surface area contributed by atoms with Crippen LogP contribution in [-0.4, -0.2) is 69.8 Å². The van der Waals surface area contributed by atoms with Crippen molar-refractivity contribution in [3.63, 3.8) is 0 Å². The molecule has 2 aliphatic rings. The highest BCUT2D eigenvalue weighted by atomic mass is 16.7. The summed E-state index contributed by atoms with van der Waals surface area (Å²) in [7, 11) is 1.63. The van der Waals surface area contributed by atoms with Gasteiger partial charge in [0.15, 0.2) is 23.9 Å². The first-order valence-corrected chi connectivity index (χ1v) is 6.33. The van der Waals surface area contributed by atoms with Gasteiger partial charge in [-0.1, -0.05) is 0 Å². The zero-order valence-corrected chi connectivity index (χ0v) is 11.1. The Kier molecular flexibility index (Phi) is 3.36. The fourth-order valence-electron chi connectivity index (χ4n) is 2.51. The number of ether oxygens (including phenoxy) is 1. The third-order valence-electron chi connectivity index (χ3n) is 3.62. The molecule has 0 spiro atoms. The molecule has 3 heterocycles. The Balaban J connectivity index is 2.00. The number of nitrogens with zero attached hydrogens (tertiary/aromatic N) is 4. The largest absolute Gasteiger partial charge is 0.618 e. The van der Waals surface area contributed by atoms with Crippen LogP contribution in [0.25, 0.3) is 0 Å². The fraction of sp³-hybridized carbons (Fsp3) is 0.545. The van der Waals surface area contributed by atoms with E-state index in [9.17, 15) is 15.4 Å². The topological polar surface area (TPSA) is 143 Å². The van der Waals surface area contributed by atoms with Crippen molar-refractivity contribution >= 4 is 23.7 Å². The molecule has 5 atom stereocenters. The van der Waals surface area contributed by atoms with Crippen molar-refractivity contribution in [1.82, 2.24) is 14.6 Å². The predicted octanol–water partition coefficient (Wildman–Crippen LogP) is -1.56. The second-order valence-corrected chi connectivity index (χ2v) is 4.83. The first-order chi connectivity index (χ1) is 10.0. The number of nitrogens with one attached hydrogen (secondary N) is 1. The highest BCUT2D eigenvalue weighted by Gasteiger charge is 2.54. The van der Waals surface area contributed by atoms with Gasteiger partial charge < -0.3 is 30.6 Å². The van der Waals surface area contributed by atoms with Crippen LogP contribution in [0.2, 0.25) is 0 Å². The highest BCUT2D eigenvalue weighted by molar-refractivity contribution is 5.92. The predicted molar refractivity (Wildman–Crippen MR) is 72.7 cm³/mol. The molecule has 0 amide bonds. The molecule has 21 heavy (non-hydrogen) atoms. The molecule has 1 saturated heterocycles. The van der Waals surface area contributed by atoms with E-state index in [2.05, 4.69) is 20.3 Å². The number of aliphatic hydroxyl groups is 3. The van der Waals surface area contributed by atoms with Crippen LogP contribution in [0.5, 0.6) is 0 Å². The van der Waals surface area contributed by atoms with Gasteiger partial charge in [0.05, 0.1) is 6.61 Å². The number of fused-ring (bicyclic) bond motifs is 1. The van der Waals surface area contributed by atoms with Crippen molar-refractivity contribution in [2.75, 3.05) is 19.0 Å². The number of aliphatic hydroxyl groups excluding tert-OH is 3. The van der Waals surface area contributed by atoms with Crippen LogP contribution in [0.1, 0.15) is 0 Å². The van der Waals surface area contributed by atoms with Crippen molar-refractivity contribution in [2.45, 2.75) is 24.5 Å². The summed E-state index contributed by atoms with van der Waals surface area (Å²) < 4.78 is 4.01. The maximum Gasteiger partial charge on any atom is 0.267 e. The van der Waals surface area contributed by atoms with Crippen molar-refractivity contribution in [2.24, 2.45) is 4.99 Å². The lowest BCUT2D eigenvalue weighted by Gasteiger charge is -2.39. The van der Waals surface area contributed by atoms with Gasteiger partial charge in [0.1, 0.15) is 18.5 Å². The number of quaternary nitrogens is 1. The number of anilines is 1. The van der Waals surface area contributed by atoms with E-state index in [1.54, 1.807) is 7.05 Å². The highest BCUT2D eigenvalue weighted by Crippen LogP contribution is 2.43. The minimum atomic E-state index is -1.47. The SMILES string of the molecule is CNc1ncnc2c1N=C[N+]2([O-])[C@@H]1O[C@H](CO)[C@@H](O)[C@H]1O. The Morgan fingerprint density at radius 1 is 1.38 bits per heavy atom. The van der Waals surface area contributed by atoms with Gasteiger partial charge in [-0.2, -0.15) is 9.98 Å². The Labute approximate surface area is 119 Å². The van der Waals surface area contributed by atoms with E-state index in [0.717, 1.165) is 6.34 Å². The number of hydrogen-bond acceptors (Lipinski definition) is 9. The molecule has 0 bridgehead atoms. The lowest BCUT2D eigenvalue weighted by Crippen LogP contribution is -2.55. The second-order valence-electron chi connectivity index (χ2n) is 4.83. The minimum absolute atomic E-state index is 0.00388. The number of hydrogen-bond donors (Lipinski definition) is 4. The average Bonchev–Trinajstić information content (AvgIpc) is 2.99. The maximum absolute atomic E-state index is 13.0. The summed E-state index contributed by atoms with van der Waals surface area (Å²) in [6.07, 6.45) is -2.98. The van der Waals surface area contributed by atoms with Gasteiger partial charge in [-0.3, -0.25) is 0 Å². The van der Waals surface area contributed by atoms with Crippen LogP contribution in [0.3, 0.4) is 0 Å². The lowest BCUT2D eigenvalue weighted by atomic mass is 10.1. The molecule has 1 aromatic heterocycles. The molecule has 0 aliphatic carbocycles. The zero-order valence-electron chi connectivity index (χ0n) is 11.1. The smallest absolute Gasteiger partial charge is 0.267 e. The third kappa shape index (κ3) is 1.92. The maximum atomic E-state index is 13.0. The summed E-state index contributed by atoms with van der Waals surface area (Å²) >= 11 is 0. The van der Waals surface area contributed by atoms with E-state index in [1.165, 1.54) is 6.33 Å². The summed E-state index contributed by atoms with van der Waals surface area (Å²) in [6, 6.07) is 0. The molecule has 3 rings (SSSR count). The Morgan fingerprint density at radius 3 is 2.76 bits per heavy atom. The molecule has 10 heteroatoms. The number of aliphatic imine (C=N–C) groups is 1. The van der Waals surface area contributed by atoms with E-state index >= 15 is 0 Å². The molecule has 1 unspecified atom stereocenters. The van der Waals surface area contributed by atoms with Gasteiger partial charge in [0.2, 0.25) is 6.23 Å². The van der Waals surface area contributed by atoms with Crippen LogP contribution >= 0.6 is 0 Å². The first-order valence-electron chi connectivity index (χ1n) is 6.33. The van der Waals surface area contributed by atoms with Gasteiger partial charge in [-0.25, -0.2) is 9.63 Å². The molecule has 1 aromatic rings. The quantitative estimate of drug-likeness (QED) is 0.387. The summed E-state index contributed by atoms with van der Waals surface area (Å²) in [4.78, 5) is 11.9. The van der Waals surface area contributed by atoms with Gasteiger partial charge >= 0.3 is 0 Å². The molecule has 2 aliphatic heterocycles. The fourth-order valence-corrected chi connectivity index (χ4v) is 2.51. The van der Waals surface area contributed by atoms with Crippen LogP contribution in [0.15, 0.2) is 11.3 Å². The monoisotopic (exact) mass is 297 g/mol. The van der Waals surface area contributed by atoms with Crippen LogP contribution in [-0.2, 0) is 4.74 Å². The van der Waals surface area contributed by atoms with Crippen LogP contribution in [0.4, 0.5) is 17.3 Å². The Hall–Kier alpha value is -1.69. The van der Waals surface area contributed by atoms with Crippen LogP contribution < -0.4 is 9.96 Å². The van der Waals surface area contributed by atoms with E-state index in [1.807, 2.05) is 0 Å². The number of hydroxylamine groups is 2. The molecule has 4 N–H and O–H groups in total. The van der Waals surface area contributed by atoms with Gasteiger partial charge in [-0.15, -0.1) is 0 Å². The normalized spacial score (nSPS) is 37.8.